The van der Waals surface area contributed by atoms with E-state index in [9.17, 15) is 22.4 Å². The van der Waals surface area contributed by atoms with E-state index in [2.05, 4.69) is 10.4 Å². The first-order chi connectivity index (χ1) is 13.3. The number of alkyl halides is 3. The van der Waals surface area contributed by atoms with E-state index in [-0.39, 0.29) is 12.2 Å². The van der Waals surface area contributed by atoms with E-state index in [4.69, 9.17) is 4.74 Å². The molecule has 6 nitrogen and oxygen atoms in total. The van der Waals surface area contributed by atoms with Crippen molar-refractivity contribution in [3.05, 3.63) is 47.5 Å². The zero-order chi connectivity index (χ0) is 20.7. The lowest BCUT2D eigenvalue weighted by atomic mass is 10.2. The number of likely N-dealkylation sites (N-methyl/N-ethyl adjacent to an activating group) is 1. The maximum Gasteiger partial charge on any atom is 0.434 e. The molecule has 0 fully saturated rings. The molecule has 0 aliphatic carbocycles. The molecular weight excluding hydrogens is 380 g/mol. The number of amides is 1. The first-order valence-electron chi connectivity index (χ1n) is 8.61. The number of aromatic nitrogens is 2. The molecule has 0 saturated carbocycles. The molecule has 2 aromatic rings. The molecule has 0 bridgehead atoms. The molecule has 0 spiro atoms. The summed E-state index contributed by atoms with van der Waals surface area (Å²) in [6.45, 7) is 2.10. The zero-order valence-corrected chi connectivity index (χ0v) is 15.6. The van der Waals surface area contributed by atoms with Crippen LogP contribution in [0, 0.1) is 5.82 Å². The largest absolute Gasteiger partial charge is 0.434 e. The van der Waals surface area contributed by atoms with Crippen LogP contribution in [-0.4, -0.2) is 61.0 Å². The van der Waals surface area contributed by atoms with E-state index in [0.717, 1.165) is 18.3 Å². The summed E-state index contributed by atoms with van der Waals surface area (Å²) in [6.07, 6.45) is -3.53. The molecule has 1 aromatic heterocycles. The third-order valence-electron chi connectivity index (χ3n) is 4.04. The van der Waals surface area contributed by atoms with Gasteiger partial charge in [-0.2, -0.15) is 18.3 Å². The van der Waals surface area contributed by atoms with E-state index in [1.54, 1.807) is 7.11 Å². The number of carbonyl (C=O) groups excluding carboxylic acids is 1. The number of para-hydroxylation sites is 1. The highest BCUT2D eigenvalue weighted by Gasteiger charge is 2.40. The van der Waals surface area contributed by atoms with Gasteiger partial charge >= 0.3 is 6.18 Å². The minimum Gasteiger partial charge on any atom is -0.383 e. The molecule has 154 valence electrons. The highest BCUT2D eigenvalue weighted by Crippen LogP contribution is 2.34. The monoisotopic (exact) mass is 402 g/mol. The number of hydrogen-bond acceptors (Lipinski definition) is 4. The molecular formula is C18H22F4N4O2. The van der Waals surface area contributed by atoms with Crippen LogP contribution in [0.1, 0.15) is 22.5 Å². The number of halogens is 4. The van der Waals surface area contributed by atoms with Crippen LogP contribution in [-0.2, 0) is 10.9 Å². The Morgan fingerprint density at radius 2 is 2.00 bits per heavy atom. The normalized spacial score (nSPS) is 11.8. The van der Waals surface area contributed by atoms with Gasteiger partial charge in [0.1, 0.15) is 11.5 Å². The van der Waals surface area contributed by atoms with E-state index < -0.39 is 29.2 Å². The molecule has 0 aliphatic heterocycles. The predicted molar refractivity (Wildman–Crippen MR) is 94.8 cm³/mol. The van der Waals surface area contributed by atoms with Gasteiger partial charge in [-0.15, -0.1) is 0 Å². The Labute approximate surface area is 160 Å². The summed E-state index contributed by atoms with van der Waals surface area (Å²) < 4.78 is 59.9. The molecule has 1 N–H and O–H groups in total. The van der Waals surface area contributed by atoms with Gasteiger partial charge in [-0.1, -0.05) is 12.1 Å². The van der Waals surface area contributed by atoms with Crippen LogP contribution in [0.3, 0.4) is 0 Å². The van der Waals surface area contributed by atoms with Crippen molar-refractivity contribution in [3.63, 3.8) is 0 Å². The van der Waals surface area contributed by atoms with Gasteiger partial charge in [-0.25, -0.2) is 9.07 Å². The molecule has 0 atom stereocenters. The summed E-state index contributed by atoms with van der Waals surface area (Å²) in [5.74, 6) is -1.78. The third kappa shape index (κ3) is 5.52. The van der Waals surface area contributed by atoms with Gasteiger partial charge in [0, 0.05) is 20.2 Å². The van der Waals surface area contributed by atoms with Crippen molar-refractivity contribution < 1.29 is 27.1 Å². The van der Waals surface area contributed by atoms with Gasteiger partial charge < -0.3 is 15.0 Å². The Balaban J connectivity index is 2.11. The van der Waals surface area contributed by atoms with Gasteiger partial charge in [0.25, 0.3) is 5.91 Å². The number of rotatable bonds is 9. The SMILES string of the molecule is COCCN(C)CCCNC(=O)c1cnn(-c2ccccc2F)c1C(F)(F)F. The van der Waals surface area contributed by atoms with Crippen molar-refractivity contribution in [2.24, 2.45) is 0 Å². The van der Waals surface area contributed by atoms with Crippen LogP contribution in [0.5, 0.6) is 0 Å². The lowest BCUT2D eigenvalue weighted by molar-refractivity contribution is -0.143. The van der Waals surface area contributed by atoms with Crippen molar-refractivity contribution >= 4 is 5.91 Å². The predicted octanol–water partition coefficient (Wildman–Crippen LogP) is 2.73. The number of hydrogen-bond donors (Lipinski definition) is 1. The highest BCUT2D eigenvalue weighted by atomic mass is 19.4. The molecule has 2 rings (SSSR count). The summed E-state index contributed by atoms with van der Waals surface area (Å²) in [4.78, 5) is 14.2. The zero-order valence-electron chi connectivity index (χ0n) is 15.6. The Bertz CT molecular complexity index is 792. The number of ether oxygens (including phenoxy) is 1. The Kier molecular flexibility index (Phi) is 7.53. The third-order valence-corrected chi connectivity index (χ3v) is 4.04. The van der Waals surface area contributed by atoms with Crippen molar-refractivity contribution in [2.75, 3.05) is 40.4 Å². The number of carbonyl (C=O) groups is 1. The highest BCUT2D eigenvalue weighted by molar-refractivity contribution is 5.95. The second-order valence-corrected chi connectivity index (χ2v) is 6.17. The fourth-order valence-electron chi connectivity index (χ4n) is 2.60. The van der Waals surface area contributed by atoms with E-state index >= 15 is 0 Å². The quantitative estimate of drug-likeness (QED) is 0.518. The second-order valence-electron chi connectivity index (χ2n) is 6.17. The Morgan fingerprint density at radius 3 is 2.64 bits per heavy atom. The van der Waals surface area contributed by atoms with Crippen LogP contribution in [0.4, 0.5) is 17.6 Å². The molecule has 0 radical (unpaired) electrons. The molecule has 1 aromatic carbocycles. The average Bonchev–Trinajstić information content (AvgIpc) is 3.09. The molecule has 28 heavy (non-hydrogen) atoms. The van der Waals surface area contributed by atoms with Gasteiger partial charge in [-0.3, -0.25) is 4.79 Å². The summed E-state index contributed by atoms with van der Waals surface area (Å²) in [5, 5.41) is 6.06. The number of methoxy groups -OCH3 is 1. The topological polar surface area (TPSA) is 59.4 Å². The van der Waals surface area contributed by atoms with Crippen LogP contribution < -0.4 is 5.32 Å². The lowest BCUT2D eigenvalue weighted by Gasteiger charge is -2.16. The summed E-state index contributed by atoms with van der Waals surface area (Å²) >= 11 is 0. The van der Waals surface area contributed by atoms with Crippen molar-refractivity contribution in [1.82, 2.24) is 20.0 Å². The standard InChI is InChI=1S/C18H22F4N4O2/c1-25(10-11-28-2)9-5-8-23-17(27)13-12-24-26(16(13)18(20,21)22)15-7-4-3-6-14(15)19/h3-4,6-7,12H,5,8-11H2,1-2H3,(H,23,27). The Morgan fingerprint density at radius 1 is 1.29 bits per heavy atom. The summed E-state index contributed by atoms with van der Waals surface area (Å²) in [7, 11) is 3.47. The molecule has 0 unspecified atom stereocenters. The maximum atomic E-state index is 13.9. The van der Waals surface area contributed by atoms with Crippen LogP contribution in [0.25, 0.3) is 5.69 Å². The Hall–Kier alpha value is -2.46. The summed E-state index contributed by atoms with van der Waals surface area (Å²) in [5.41, 5.74) is -2.34. The van der Waals surface area contributed by atoms with Crippen molar-refractivity contribution in [3.8, 4) is 5.69 Å². The fraction of sp³-hybridized carbons (Fsp3) is 0.444. The fourth-order valence-corrected chi connectivity index (χ4v) is 2.60. The molecule has 0 saturated heterocycles. The molecule has 1 heterocycles. The van der Waals surface area contributed by atoms with Gasteiger partial charge in [0.05, 0.1) is 18.4 Å². The van der Waals surface area contributed by atoms with Crippen LogP contribution in [0.2, 0.25) is 0 Å². The number of benzene rings is 1. The minimum atomic E-state index is -4.88. The van der Waals surface area contributed by atoms with E-state index in [1.807, 2.05) is 11.9 Å². The van der Waals surface area contributed by atoms with Crippen molar-refractivity contribution in [2.45, 2.75) is 12.6 Å². The first kappa shape index (κ1) is 21.8. The smallest absolute Gasteiger partial charge is 0.383 e. The van der Waals surface area contributed by atoms with E-state index in [1.165, 1.54) is 12.1 Å². The maximum absolute atomic E-state index is 13.9. The van der Waals surface area contributed by atoms with Crippen LogP contribution in [0.15, 0.2) is 30.5 Å². The second kappa shape index (κ2) is 9.65. The van der Waals surface area contributed by atoms with Gasteiger partial charge in [-0.05, 0) is 32.1 Å². The summed E-state index contributed by atoms with van der Waals surface area (Å²) in [6, 6.07) is 4.93. The minimum absolute atomic E-state index is 0.193. The number of nitrogens with zero attached hydrogens (tertiary/aromatic N) is 3. The van der Waals surface area contributed by atoms with Gasteiger partial charge in [0.15, 0.2) is 5.69 Å². The van der Waals surface area contributed by atoms with E-state index in [0.29, 0.717) is 30.8 Å². The average molecular weight is 402 g/mol. The van der Waals surface area contributed by atoms with Crippen LogP contribution >= 0.6 is 0 Å². The molecule has 1 amide bonds. The van der Waals surface area contributed by atoms with Gasteiger partial charge in [0.2, 0.25) is 0 Å². The molecule has 10 heteroatoms. The molecule has 0 aliphatic rings. The number of nitrogens with one attached hydrogen (secondary N) is 1. The first-order valence-corrected chi connectivity index (χ1v) is 8.61. The van der Waals surface area contributed by atoms with Crippen molar-refractivity contribution in [1.29, 1.82) is 0 Å². The lowest BCUT2D eigenvalue weighted by Crippen LogP contribution is -2.30.